The Balaban J connectivity index is 1.54. The Kier molecular flexibility index (Phi) is 4.99. The summed E-state index contributed by atoms with van der Waals surface area (Å²) in [5.41, 5.74) is 0. The average Bonchev–Trinajstić information content (AvgIpc) is 2.65. The van der Waals surface area contributed by atoms with E-state index in [4.69, 9.17) is 0 Å². The zero-order valence-electron chi connectivity index (χ0n) is 11.6. The van der Waals surface area contributed by atoms with Gasteiger partial charge in [0.05, 0.1) is 0 Å². The summed E-state index contributed by atoms with van der Waals surface area (Å²) in [5, 5.41) is 3.39. The van der Waals surface area contributed by atoms with Crippen LogP contribution in [0, 0.1) is 17.8 Å². The van der Waals surface area contributed by atoms with Gasteiger partial charge >= 0.3 is 0 Å². The topological polar surface area (TPSA) is 12.0 Å². The molecule has 3 unspecified atom stereocenters. The van der Waals surface area contributed by atoms with Crippen molar-refractivity contribution in [3.8, 4) is 0 Å². The summed E-state index contributed by atoms with van der Waals surface area (Å²) in [5.74, 6) is -0.431. The molecule has 18 heavy (non-hydrogen) atoms. The first-order valence-electron chi connectivity index (χ1n) is 7.64. The molecule has 0 aromatic heterocycles. The van der Waals surface area contributed by atoms with E-state index in [2.05, 4.69) is 12.2 Å². The fraction of sp³-hybridized carbons (Fsp3) is 1.00. The molecule has 0 aromatic rings. The van der Waals surface area contributed by atoms with Gasteiger partial charge in [0, 0.05) is 12.8 Å². The molecule has 2 aliphatic rings. The van der Waals surface area contributed by atoms with E-state index in [-0.39, 0.29) is 18.8 Å². The highest BCUT2D eigenvalue weighted by molar-refractivity contribution is 4.82. The highest BCUT2D eigenvalue weighted by atomic mass is 19.3. The Labute approximate surface area is 110 Å². The van der Waals surface area contributed by atoms with Crippen LogP contribution in [0.1, 0.15) is 58.3 Å². The zero-order valence-corrected chi connectivity index (χ0v) is 11.6. The van der Waals surface area contributed by atoms with Crippen molar-refractivity contribution in [2.24, 2.45) is 17.8 Å². The highest BCUT2D eigenvalue weighted by Gasteiger charge is 2.38. The van der Waals surface area contributed by atoms with E-state index in [9.17, 15) is 8.78 Å². The van der Waals surface area contributed by atoms with Gasteiger partial charge in [-0.25, -0.2) is 8.78 Å². The summed E-state index contributed by atoms with van der Waals surface area (Å²) < 4.78 is 26.0. The van der Waals surface area contributed by atoms with Gasteiger partial charge in [-0.3, -0.25) is 0 Å². The number of alkyl halides is 2. The number of halogens is 2. The smallest absolute Gasteiger partial charge is 0.248 e. The third kappa shape index (κ3) is 4.49. The van der Waals surface area contributed by atoms with Gasteiger partial charge in [-0.05, 0) is 50.1 Å². The van der Waals surface area contributed by atoms with Crippen molar-refractivity contribution in [3.63, 3.8) is 0 Å². The lowest BCUT2D eigenvalue weighted by Gasteiger charge is -2.26. The molecular formula is C15H27F2N. The fourth-order valence-corrected chi connectivity index (χ4v) is 3.65. The van der Waals surface area contributed by atoms with Crippen LogP contribution in [0.3, 0.4) is 0 Å². The normalized spacial score (nSPS) is 35.8. The van der Waals surface area contributed by atoms with E-state index in [0.717, 1.165) is 24.9 Å². The minimum absolute atomic E-state index is 0.0967. The van der Waals surface area contributed by atoms with Gasteiger partial charge in [-0.1, -0.05) is 26.2 Å². The molecule has 2 saturated carbocycles. The highest BCUT2D eigenvalue weighted by Crippen LogP contribution is 2.38. The first-order valence-corrected chi connectivity index (χ1v) is 7.64. The maximum Gasteiger partial charge on any atom is 0.248 e. The van der Waals surface area contributed by atoms with Crippen LogP contribution in [-0.4, -0.2) is 19.0 Å². The molecule has 0 heterocycles. The molecule has 0 bridgehead atoms. The van der Waals surface area contributed by atoms with Gasteiger partial charge in [0.15, 0.2) is 0 Å². The molecule has 0 aliphatic heterocycles. The van der Waals surface area contributed by atoms with Crippen LogP contribution >= 0.6 is 0 Å². The van der Waals surface area contributed by atoms with Gasteiger partial charge in [0.25, 0.3) is 0 Å². The second-order valence-electron chi connectivity index (χ2n) is 6.60. The summed E-state index contributed by atoms with van der Waals surface area (Å²) in [6.07, 6.45) is 7.62. The molecule has 0 spiro atoms. The van der Waals surface area contributed by atoms with Crippen LogP contribution in [0.5, 0.6) is 0 Å². The van der Waals surface area contributed by atoms with Crippen LogP contribution in [0.15, 0.2) is 0 Å². The molecule has 3 atom stereocenters. The van der Waals surface area contributed by atoms with Crippen molar-refractivity contribution in [3.05, 3.63) is 0 Å². The summed E-state index contributed by atoms with van der Waals surface area (Å²) in [7, 11) is 0. The Bertz CT molecular complexity index is 251. The van der Waals surface area contributed by atoms with Crippen molar-refractivity contribution >= 4 is 0 Å². The molecular weight excluding hydrogens is 232 g/mol. The molecule has 2 fully saturated rings. The van der Waals surface area contributed by atoms with Crippen LogP contribution in [0.25, 0.3) is 0 Å². The first-order chi connectivity index (χ1) is 8.55. The largest absolute Gasteiger partial charge is 0.316 e. The van der Waals surface area contributed by atoms with Crippen molar-refractivity contribution in [2.75, 3.05) is 13.1 Å². The lowest BCUT2D eigenvalue weighted by atomic mass is 9.81. The molecule has 0 saturated heterocycles. The maximum absolute atomic E-state index is 13.0. The van der Waals surface area contributed by atoms with Crippen LogP contribution < -0.4 is 5.32 Å². The minimum atomic E-state index is -2.38. The standard InChI is InChI=1S/C15H27F2N/c1-12-3-2-4-13(9-12)6-8-18-11-14-5-7-15(16,17)10-14/h12-14,18H,2-11H2,1H3. The monoisotopic (exact) mass is 259 g/mol. The number of hydrogen-bond donors (Lipinski definition) is 1. The third-order valence-electron chi connectivity index (χ3n) is 4.71. The van der Waals surface area contributed by atoms with E-state index >= 15 is 0 Å². The lowest BCUT2D eigenvalue weighted by Crippen LogP contribution is -2.26. The fourth-order valence-electron chi connectivity index (χ4n) is 3.65. The molecule has 106 valence electrons. The van der Waals surface area contributed by atoms with E-state index in [1.54, 1.807) is 0 Å². The third-order valence-corrected chi connectivity index (χ3v) is 4.71. The molecule has 1 nitrogen and oxygen atoms in total. The second kappa shape index (κ2) is 6.31. The van der Waals surface area contributed by atoms with Gasteiger partial charge in [-0.15, -0.1) is 0 Å². The summed E-state index contributed by atoms with van der Waals surface area (Å²) in [4.78, 5) is 0. The summed E-state index contributed by atoms with van der Waals surface area (Å²) in [6.45, 7) is 4.15. The summed E-state index contributed by atoms with van der Waals surface area (Å²) >= 11 is 0. The molecule has 2 rings (SSSR count). The predicted octanol–water partition coefficient (Wildman–Crippen LogP) is 4.23. The quantitative estimate of drug-likeness (QED) is 0.729. The molecule has 0 aromatic carbocycles. The molecule has 0 radical (unpaired) electrons. The van der Waals surface area contributed by atoms with E-state index in [1.807, 2.05) is 0 Å². The van der Waals surface area contributed by atoms with Crippen LogP contribution in [-0.2, 0) is 0 Å². The lowest BCUT2D eigenvalue weighted by molar-refractivity contribution is 0.00507. The Morgan fingerprint density at radius 3 is 2.67 bits per heavy atom. The number of rotatable bonds is 5. The number of hydrogen-bond acceptors (Lipinski definition) is 1. The molecule has 1 N–H and O–H groups in total. The minimum Gasteiger partial charge on any atom is -0.316 e. The van der Waals surface area contributed by atoms with E-state index in [1.165, 1.54) is 32.1 Å². The second-order valence-corrected chi connectivity index (χ2v) is 6.60. The molecule has 3 heteroatoms. The molecule has 2 aliphatic carbocycles. The maximum atomic E-state index is 13.0. The van der Waals surface area contributed by atoms with E-state index in [0.29, 0.717) is 6.42 Å². The van der Waals surface area contributed by atoms with Gasteiger partial charge in [0.1, 0.15) is 0 Å². The average molecular weight is 259 g/mol. The molecule has 0 amide bonds. The van der Waals surface area contributed by atoms with Gasteiger partial charge in [0.2, 0.25) is 5.92 Å². The van der Waals surface area contributed by atoms with Gasteiger partial charge in [-0.2, -0.15) is 0 Å². The Morgan fingerprint density at radius 2 is 2.00 bits per heavy atom. The zero-order chi connectivity index (χ0) is 13.0. The van der Waals surface area contributed by atoms with Gasteiger partial charge < -0.3 is 5.32 Å². The van der Waals surface area contributed by atoms with Crippen molar-refractivity contribution in [1.82, 2.24) is 5.32 Å². The van der Waals surface area contributed by atoms with Crippen LogP contribution in [0.2, 0.25) is 0 Å². The van der Waals surface area contributed by atoms with E-state index < -0.39 is 5.92 Å². The predicted molar refractivity (Wildman–Crippen MR) is 70.9 cm³/mol. The van der Waals surface area contributed by atoms with Crippen molar-refractivity contribution in [2.45, 2.75) is 64.2 Å². The van der Waals surface area contributed by atoms with Crippen LogP contribution in [0.4, 0.5) is 8.78 Å². The Morgan fingerprint density at radius 1 is 1.17 bits per heavy atom. The number of nitrogens with one attached hydrogen (secondary N) is 1. The van der Waals surface area contributed by atoms with Crippen molar-refractivity contribution < 1.29 is 8.78 Å². The first kappa shape index (κ1) is 14.2. The van der Waals surface area contributed by atoms with Crippen molar-refractivity contribution in [1.29, 1.82) is 0 Å². The SMILES string of the molecule is CC1CCCC(CCNCC2CCC(F)(F)C2)C1. The Hall–Kier alpha value is -0.180. The summed E-state index contributed by atoms with van der Waals surface area (Å²) in [6, 6.07) is 0.